The van der Waals surface area contributed by atoms with Crippen LogP contribution >= 0.6 is 15.9 Å². The van der Waals surface area contributed by atoms with Crippen LogP contribution in [0.25, 0.3) is 0 Å². The zero-order valence-electron chi connectivity index (χ0n) is 10.0. The third-order valence-electron chi connectivity index (χ3n) is 2.86. The molecule has 0 unspecified atom stereocenters. The Bertz CT molecular complexity index is 566. The summed E-state index contributed by atoms with van der Waals surface area (Å²) in [6.45, 7) is 3.59. The van der Waals surface area contributed by atoms with Crippen LogP contribution in [0.1, 0.15) is 12.8 Å². The quantitative estimate of drug-likeness (QED) is 0.452. The van der Waals surface area contributed by atoms with Gasteiger partial charge in [-0.3, -0.25) is 9.59 Å². The summed E-state index contributed by atoms with van der Waals surface area (Å²) in [6.07, 6.45) is 6.05. The number of cyclic esters (lactones) is 1. The van der Waals surface area contributed by atoms with Crippen LogP contribution < -0.4 is 0 Å². The van der Waals surface area contributed by atoms with Gasteiger partial charge in [0, 0.05) is 5.57 Å². The molecule has 5 heteroatoms. The van der Waals surface area contributed by atoms with Crippen molar-refractivity contribution in [1.29, 1.82) is 0 Å². The minimum atomic E-state index is -0.789. The maximum Gasteiger partial charge on any atom is 0.334 e. The fraction of sp³-hybridized carbons (Fsp3) is 0.214. The molecule has 0 saturated carbocycles. The third kappa shape index (κ3) is 2.66. The number of halogens is 1. The van der Waals surface area contributed by atoms with Crippen molar-refractivity contribution in [2.24, 2.45) is 0 Å². The second kappa shape index (κ2) is 5.48. The van der Waals surface area contributed by atoms with E-state index < -0.39 is 12.1 Å². The first-order valence-electron chi connectivity index (χ1n) is 5.73. The molecule has 2 aliphatic rings. The van der Waals surface area contributed by atoms with Crippen molar-refractivity contribution in [3.63, 3.8) is 0 Å². The molecule has 1 aliphatic heterocycles. The van der Waals surface area contributed by atoms with E-state index in [1.165, 1.54) is 12.2 Å². The molecule has 0 fully saturated rings. The molecule has 1 aliphatic carbocycles. The number of esters is 1. The SMILES string of the molecule is C=CCCC1=C[C@@H](C2=C(Br)C(=O)C=CC2=O)OC1=O. The molecule has 98 valence electrons. The summed E-state index contributed by atoms with van der Waals surface area (Å²) in [5.41, 5.74) is 0.682. The predicted octanol–water partition coefficient (Wildman–Crippen LogP) is 2.16. The Morgan fingerprint density at radius 2 is 1.95 bits per heavy atom. The van der Waals surface area contributed by atoms with E-state index >= 15 is 0 Å². The number of ketones is 2. The standard InChI is InChI=1S/C14H11BrO4/c1-2-3-4-8-7-11(19-14(8)18)12-9(16)5-6-10(17)13(12)15/h2,5-7,11H,1,3-4H2/t11-/m0/s1. The maximum atomic E-state index is 11.8. The van der Waals surface area contributed by atoms with Gasteiger partial charge in [-0.1, -0.05) is 6.08 Å². The average molecular weight is 323 g/mol. The van der Waals surface area contributed by atoms with Gasteiger partial charge >= 0.3 is 5.97 Å². The smallest absolute Gasteiger partial charge is 0.334 e. The van der Waals surface area contributed by atoms with Crippen LogP contribution in [0.4, 0.5) is 0 Å². The largest absolute Gasteiger partial charge is 0.450 e. The number of rotatable bonds is 4. The van der Waals surface area contributed by atoms with Gasteiger partial charge in [-0.25, -0.2) is 4.79 Å². The van der Waals surface area contributed by atoms with Gasteiger partial charge in [-0.15, -0.1) is 6.58 Å². The van der Waals surface area contributed by atoms with E-state index in [0.29, 0.717) is 18.4 Å². The molecule has 0 aromatic rings. The zero-order chi connectivity index (χ0) is 14.0. The monoisotopic (exact) mass is 322 g/mol. The molecule has 0 amide bonds. The highest BCUT2D eigenvalue weighted by Crippen LogP contribution is 2.30. The predicted molar refractivity (Wildman–Crippen MR) is 72.5 cm³/mol. The molecular formula is C14H11BrO4. The molecule has 19 heavy (non-hydrogen) atoms. The van der Waals surface area contributed by atoms with E-state index in [-0.39, 0.29) is 21.6 Å². The van der Waals surface area contributed by atoms with Gasteiger partial charge in [0.1, 0.15) is 0 Å². The highest BCUT2D eigenvalue weighted by Gasteiger charge is 2.34. The summed E-state index contributed by atoms with van der Waals surface area (Å²) in [7, 11) is 0. The van der Waals surface area contributed by atoms with Crippen molar-refractivity contribution in [3.05, 3.63) is 46.5 Å². The molecule has 4 nitrogen and oxygen atoms in total. The molecular weight excluding hydrogens is 312 g/mol. The molecule has 1 heterocycles. The zero-order valence-corrected chi connectivity index (χ0v) is 11.6. The molecule has 0 aromatic carbocycles. The lowest BCUT2D eigenvalue weighted by atomic mass is 9.97. The normalized spacial score (nSPS) is 22.7. The Kier molecular flexibility index (Phi) is 3.95. The number of allylic oxidation sites excluding steroid dienone is 4. The fourth-order valence-corrected chi connectivity index (χ4v) is 2.43. The molecule has 0 radical (unpaired) electrons. The molecule has 0 bridgehead atoms. The molecule has 0 aromatic heterocycles. The van der Waals surface area contributed by atoms with Crippen LogP contribution in [0, 0.1) is 0 Å². The number of hydrogen-bond donors (Lipinski definition) is 0. The lowest BCUT2D eigenvalue weighted by molar-refractivity contribution is -0.139. The first kappa shape index (κ1) is 13.7. The number of carbonyl (C=O) groups is 3. The Labute approximate surface area is 118 Å². The first-order valence-corrected chi connectivity index (χ1v) is 6.53. The van der Waals surface area contributed by atoms with Crippen LogP contribution in [0.15, 0.2) is 46.5 Å². The molecule has 0 saturated heterocycles. The van der Waals surface area contributed by atoms with Gasteiger partial charge in [0.25, 0.3) is 0 Å². The Balaban J connectivity index is 2.28. The van der Waals surface area contributed by atoms with E-state index in [0.717, 1.165) is 0 Å². The van der Waals surface area contributed by atoms with Crippen molar-refractivity contribution < 1.29 is 19.1 Å². The molecule has 2 rings (SSSR count). The molecule has 1 atom stereocenters. The van der Waals surface area contributed by atoms with Crippen molar-refractivity contribution in [3.8, 4) is 0 Å². The van der Waals surface area contributed by atoms with Crippen molar-refractivity contribution in [2.45, 2.75) is 18.9 Å². The van der Waals surface area contributed by atoms with E-state index in [4.69, 9.17) is 4.74 Å². The summed E-state index contributed by atoms with van der Waals surface area (Å²) in [6, 6.07) is 0. The Morgan fingerprint density at radius 3 is 2.63 bits per heavy atom. The Morgan fingerprint density at radius 1 is 1.26 bits per heavy atom. The minimum absolute atomic E-state index is 0.152. The van der Waals surface area contributed by atoms with Gasteiger partial charge in [-0.05, 0) is 47.0 Å². The molecule has 0 N–H and O–H groups in total. The van der Waals surface area contributed by atoms with Gasteiger partial charge in [-0.2, -0.15) is 0 Å². The Hall–Kier alpha value is -1.75. The lowest BCUT2D eigenvalue weighted by Gasteiger charge is -2.14. The van der Waals surface area contributed by atoms with Gasteiger partial charge in [0.2, 0.25) is 0 Å². The summed E-state index contributed by atoms with van der Waals surface area (Å²) >= 11 is 3.08. The number of carbonyl (C=O) groups excluding carboxylic acids is 3. The van der Waals surface area contributed by atoms with Crippen LogP contribution in [0.5, 0.6) is 0 Å². The average Bonchev–Trinajstić information content (AvgIpc) is 2.73. The topological polar surface area (TPSA) is 60.4 Å². The van der Waals surface area contributed by atoms with Crippen molar-refractivity contribution in [1.82, 2.24) is 0 Å². The fourth-order valence-electron chi connectivity index (χ4n) is 1.88. The van der Waals surface area contributed by atoms with Gasteiger partial charge < -0.3 is 4.74 Å². The van der Waals surface area contributed by atoms with Crippen LogP contribution in [-0.2, 0) is 19.1 Å². The van der Waals surface area contributed by atoms with Crippen molar-refractivity contribution >= 4 is 33.5 Å². The van der Waals surface area contributed by atoms with Crippen molar-refractivity contribution in [2.75, 3.05) is 0 Å². The van der Waals surface area contributed by atoms with Gasteiger partial charge in [0.05, 0.1) is 10.1 Å². The minimum Gasteiger partial charge on any atom is -0.450 e. The highest BCUT2D eigenvalue weighted by molar-refractivity contribution is 9.12. The highest BCUT2D eigenvalue weighted by atomic mass is 79.9. The van der Waals surface area contributed by atoms with E-state index in [1.807, 2.05) is 0 Å². The first-order chi connectivity index (χ1) is 9.04. The van der Waals surface area contributed by atoms with Gasteiger partial charge in [0.15, 0.2) is 17.7 Å². The van der Waals surface area contributed by atoms with Crippen LogP contribution in [0.3, 0.4) is 0 Å². The van der Waals surface area contributed by atoms with Crippen LogP contribution in [-0.4, -0.2) is 23.6 Å². The second-order valence-corrected chi connectivity index (χ2v) is 4.93. The third-order valence-corrected chi connectivity index (χ3v) is 3.67. The van der Waals surface area contributed by atoms with E-state index in [9.17, 15) is 14.4 Å². The summed E-state index contributed by atoms with van der Waals surface area (Å²) in [5.74, 6) is -1.08. The summed E-state index contributed by atoms with van der Waals surface area (Å²) in [4.78, 5) is 35.0. The van der Waals surface area contributed by atoms with E-state index in [1.54, 1.807) is 12.2 Å². The second-order valence-electron chi connectivity index (χ2n) is 4.13. The van der Waals surface area contributed by atoms with E-state index in [2.05, 4.69) is 22.5 Å². The summed E-state index contributed by atoms with van der Waals surface area (Å²) < 4.78 is 5.29. The molecule has 0 spiro atoms. The number of ether oxygens (including phenoxy) is 1. The number of hydrogen-bond acceptors (Lipinski definition) is 4. The maximum absolute atomic E-state index is 11.8. The lowest BCUT2D eigenvalue weighted by Crippen LogP contribution is -2.22. The van der Waals surface area contributed by atoms with Crippen LogP contribution in [0.2, 0.25) is 0 Å². The summed E-state index contributed by atoms with van der Waals surface area (Å²) in [5, 5.41) is 0.